The molecule has 0 atom stereocenters. The van der Waals surface area contributed by atoms with Crippen molar-refractivity contribution in [3.05, 3.63) is 82.4 Å². The Kier molecular flexibility index (Phi) is 7.03. The molecule has 2 N–H and O–H groups in total. The number of amides is 1. The van der Waals surface area contributed by atoms with Gasteiger partial charge in [0.2, 0.25) is 0 Å². The molecule has 31 heavy (non-hydrogen) atoms. The summed E-state index contributed by atoms with van der Waals surface area (Å²) >= 11 is 6.10. The number of halogens is 1. The molecule has 3 rings (SSSR count). The predicted molar refractivity (Wildman–Crippen MR) is 126 cm³/mol. The molecule has 0 heterocycles. The maximum atomic E-state index is 12.9. The molecule has 0 saturated carbocycles. The third kappa shape index (κ3) is 5.46. The zero-order valence-corrected chi connectivity index (χ0v) is 19.3. The van der Waals surface area contributed by atoms with Gasteiger partial charge in [-0.15, -0.1) is 0 Å². The van der Waals surface area contributed by atoms with Gasteiger partial charge in [0.05, 0.1) is 4.90 Å². The Hall–Kier alpha value is -2.83. The van der Waals surface area contributed by atoms with Gasteiger partial charge in [-0.2, -0.15) is 0 Å². The summed E-state index contributed by atoms with van der Waals surface area (Å²) in [6, 6.07) is 17.6. The standard InChI is InChI=1S/C24H25ClN2O3S/c1-4-12-26-24(28)19-10-8-18(9-11-19)20-6-5-7-21(15-20)27-31(29,30)23-14-16(2)22(25)13-17(23)3/h5-11,13-15,27H,4,12H2,1-3H3,(H,26,28). The fraction of sp³-hybridized carbons (Fsp3) is 0.208. The van der Waals surface area contributed by atoms with Gasteiger partial charge in [-0.3, -0.25) is 9.52 Å². The first-order valence-electron chi connectivity index (χ1n) is 9.99. The maximum Gasteiger partial charge on any atom is 0.262 e. The highest BCUT2D eigenvalue weighted by molar-refractivity contribution is 7.92. The van der Waals surface area contributed by atoms with E-state index in [0.29, 0.717) is 33.9 Å². The number of aryl methyl sites for hydroxylation is 2. The second kappa shape index (κ2) is 9.54. The molecular weight excluding hydrogens is 432 g/mol. The molecule has 0 unspecified atom stereocenters. The SMILES string of the molecule is CCCNC(=O)c1ccc(-c2cccc(NS(=O)(=O)c3cc(C)c(Cl)cc3C)c2)cc1. The third-order valence-electron chi connectivity index (χ3n) is 4.88. The van der Waals surface area contributed by atoms with E-state index in [-0.39, 0.29) is 10.8 Å². The number of anilines is 1. The van der Waals surface area contributed by atoms with Gasteiger partial charge in [-0.1, -0.05) is 42.8 Å². The van der Waals surface area contributed by atoms with Gasteiger partial charge in [-0.05, 0) is 78.9 Å². The maximum absolute atomic E-state index is 12.9. The monoisotopic (exact) mass is 456 g/mol. The van der Waals surface area contributed by atoms with Crippen LogP contribution in [0.3, 0.4) is 0 Å². The Labute approximate surface area is 188 Å². The number of hydrogen-bond donors (Lipinski definition) is 2. The van der Waals surface area contributed by atoms with Gasteiger partial charge < -0.3 is 5.32 Å². The van der Waals surface area contributed by atoms with Crippen molar-refractivity contribution >= 4 is 33.2 Å². The fourth-order valence-corrected chi connectivity index (χ4v) is 4.75. The molecule has 0 spiro atoms. The lowest BCUT2D eigenvalue weighted by atomic mass is 10.0. The van der Waals surface area contributed by atoms with E-state index in [4.69, 9.17) is 11.6 Å². The normalized spacial score (nSPS) is 11.2. The molecule has 3 aromatic rings. The van der Waals surface area contributed by atoms with Gasteiger partial charge in [0, 0.05) is 22.8 Å². The van der Waals surface area contributed by atoms with Crippen LogP contribution in [0.4, 0.5) is 5.69 Å². The van der Waals surface area contributed by atoms with Crippen molar-refractivity contribution in [3.63, 3.8) is 0 Å². The van der Waals surface area contributed by atoms with E-state index in [1.165, 1.54) is 0 Å². The minimum Gasteiger partial charge on any atom is -0.352 e. The summed E-state index contributed by atoms with van der Waals surface area (Å²) < 4.78 is 28.5. The molecule has 5 nitrogen and oxygen atoms in total. The average Bonchev–Trinajstić information content (AvgIpc) is 2.74. The Morgan fingerprint density at radius 2 is 1.65 bits per heavy atom. The van der Waals surface area contributed by atoms with E-state index in [1.807, 2.05) is 25.1 Å². The molecule has 0 aliphatic heterocycles. The van der Waals surface area contributed by atoms with Gasteiger partial charge in [0.1, 0.15) is 0 Å². The zero-order chi connectivity index (χ0) is 22.6. The number of sulfonamides is 1. The van der Waals surface area contributed by atoms with Crippen LogP contribution in [0.15, 0.2) is 65.6 Å². The minimum atomic E-state index is -3.77. The number of nitrogens with one attached hydrogen (secondary N) is 2. The molecule has 0 aliphatic carbocycles. The first-order valence-corrected chi connectivity index (χ1v) is 11.9. The quantitative estimate of drug-likeness (QED) is 0.488. The van der Waals surface area contributed by atoms with E-state index < -0.39 is 10.0 Å². The lowest BCUT2D eigenvalue weighted by Gasteiger charge is -2.13. The summed E-state index contributed by atoms with van der Waals surface area (Å²) in [6.07, 6.45) is 0.877. The lowest BCUT2D eigenvalue weighted by molar-refractivity contribution is 0.0953. The second-order valence-electron chi connectivity index (χ2n) is 7.39. The molecule has 0 fully saturated rings. The van der Waals surface area contributed by atoms with E-state index >= 15 is 0 Å². The molecule has 0 saturated heterocycles. The van der Waals surface area contributed by atoms with Crippen molar-refractivity contribution in [2.45, 2.75) is 32.1 Å². The number of rotatable bonds is 7. The van der Waals surface area contributed by atoms with Crippen LogP contribution in [-0.4, -0.2) is 20.9 Å². The number of carbonyl (C=O) groups excluding carboxylic acids is 1. The van der Waals surface area contributed by atoms with Crippen LogP contribution in [0, 0.1) is 13.8 Å². The van der Waals surface area contributed by atoms with Crippen LogP contribution in [0.5, 0.6) is 0 Å². The number of carbonyl (C=O) groups is 1. The van der Waals surface area contributed by atoms with Gasteiger partial charge in [-0.25, -0.2) is 8.42 Å². The van der Waals surface area contributed by atoms with Crippen molar-refractivity contribution < 1.29 is 13.2 Å². The van der Waals surface area contributed by atoms with Crippen LogP contribution < -0.4 is 10.0 Å². The topological polar surface area (TPSA) is 75.3 Å². The Morgan fingerprint density at radius 1 is 0.935 bits per heavy atom. The first-order chi connectivity index (χ1) is 14.7. The summed E-state index contributed by atoms with van der Waals surface area (Å²) in [5.74, 6) is -0.108. The van der Waals surface area contributed by atoms with Crippen molar-refractivity contribution in [1.29, 1.82) is 0 Å². The molecule has 0 bridgehead atoms. The molecular formula is C24H25ClN2O3S. The molecule has 1 amide bonds. The molecule has 7 heteroatoms. The summed E-state index contributed by atoms with van der Waals surface area (Å²) in [7, 11) is -3.77. The highest BCUT2D eigenvalue weighted by atomic mass is 35.5. The second-order valence-corrected chi connectivity index (χ2v) is 9.44. The first kappa shape index (κ1) is 22.8. The number of hydrogen-bond acceptors (Lipinski definition) is 3. The smallest absolute Gasteiger partial charge is 0.262 e. The summed E-state index contributed by atoms with van der Waals surface area (Å²) in [5.41, 5.74) is 4.04. The zero-order valence-electron chi connectivity index (χ0n) is 17.7. The van der Waals surface area contributed by atoms with Crippen LogP contribution >= 0.6 is 11.6 Å². The van der Waals surface area contributed by atoms with Gasteiger partial charge >= 0.3 is 0 Å². The Balaban J connectivity index is 1.84. The molecule has 0 aromatic heterocycles. The summed E-state index contributed by atoms with van der Waals surface area (Å²) in [5, 5.41) is 3.38. The van der Waals surface area contributed by atoms with Crippen molar-refractivity contribution in [1.82, 2.24) is 5.32 Å². The van der Waals surface area contributed by atoms with Crippen molar-refractivity contribution in [2.24, 2.45) is 0 Å². The van der Waals surface area contributed by atoms with Crippen LogP contribution in [-0.2, 0) is 10.0 Å². The van der Waals surface area contributed by atoms with Crippen LogP contribution in [0.1, 0.15) is 34.8 Å². The summed E-state index contributed by atoms with van der Waals surface area (Å²) in [4.78, 5) is 12.3. The van der Waals surface area contributed by atoms with E-state index in [0.717, 1.165) is 17.5 Å². The van der Waals surface area contributed by atoms with Gasteiger partial charge in [0.15, 0.2) is 0 Å². The number of benzene rings is 3. The van der Waals surface area contributed by atoms with Crippen molar-refractivity contribution in [2.75, 3.05) is 11.3 Å². The third-order valence-corrected chi connectivity index (χ3v) is 6.81. The van der Waals surface area contributed by atoms with Crippen molar-refractivity contribution in [3.8, 4) is 11.1 Å². The molecule has 162 valence electrons. The van der Waals surface area contributed by atoms with E-state index in [2.05, 4.69) is 10.0 Å². The average molecular weight is 457 g/mol. The van der Waals surface area contributed by atoms with E-state index in [9.17, 15) is 13.2 Å². The summed E-state index contributed by atoms with van der Waals surface area (Å²) in [6.45, 7) is 6.12. The Morgan fingerprint density at radius 3 is 2.32 bits per heavy atom. The molecule has 0 radical (unpaired) electrons. The van der Waals surface area contributed by atoms with Crippen LogP contribution in [0.25, 0.3) is 11.1 Å². The largest absolute Gasteiger partial charge is 0.352 e. The predicted octanol–water partition coefficient (Wildman–Crippen LogP) is 5.56. The van der Waals surface area contributed by atoms with E-state index in [1.54, 1.807) is 56.3 Å². The lowest BCUT2D eigenvalue weighted by Crippen LogP contribution is -2.23. The Bertz CT molecular complexity index is 1210. The fourth-order valence-electron chi connectivity index (χ4n) is 3.17. The van der Waals surface area contributed by atoms with Crippen LogP contribution in [0.2, 0.25) is 5.02 Å². The van der Waals surface area contributed by atoms with Gasteiger partial charge in [0.25, 0.3) is 15.9 Å². The minimum absolute atomic E-state index is 0.108. The highest BCUT2D eigenvalue weighted by Crippen LogP contribution is 2.28. The molecule has 3 aromatic carbocycles. The molecule has 0 aliphatic rings. The highest BCUT2D eigenvalue weighted by Gasteiger charge is 2.18.